The van der Waals surface area contributed by atoms with Gasteiger partial charge in [-0.05, 0) is 43.7 Å². The van der Waals surface area contributed by atoms with Crippen molar-refractivity contribution in [3.05, 3.63) is 72.8 Å². The standard InChI is InChI=1S/C24H29N5O2/c1-3-31-23-7-5-4-6-22(23)27-14-16-28(17-15-27)24(30)26-19(2)20-8-10-21(11-9-20)29-13-12-25-18-29/h4-13,18-19H,3,14-17H2,1-2H3,(H,26,30). The molecule has 2 amide bonds. The number of para-hydroxylation sites is 2. The van der Waals surface area contributed by atoms with E-state index in [2.05, 4.69) is 21.3 Å². The second-order valence-corrected chi connectivity index (χ2v) is 7.61. The molecule has 3 aromatic rings. The zero-order chi connectivity index (χ0) is 21.6. The first kappa shape index (κ1) is 20.8. The number of hydrogen-bond acceptors (Lipinski definition) is 4. The van der Waals surface area contributed by atoms with Gasteiger partial charge in [0.15, 0.2) is 0 Å². The highest BCUT2D eigenvalue weighted by atomic mass is 16.5. The first-order valence-corrected chi connectivity index (χ1v) is 10.8. The molecule has 0 aliphatic carbocycles. The lowest BCUT2D eigenvalue weighted by molar-refractivity contribution is 0.191. The summed E-state index contributed by atoms with van der Waals surface area (Å²) in [5.74, 6) is 0.899. The molecule has 4 rings (SSSR count). The third-order valence-corrected chi connectivity index (χ3v) is 5.61. The fourth-order valence-corrected chi connectivity index (χ4v) is 3.85. The van der Waals surface area contributed by atoms with E-state index in [1.54, 1.807) is 12.5 Å². The Balaban J connectivity index is 1.32. The van der Waals surface area contributed by atoms with Crippen molar-refractivity contribution in [3.63, 3.8) is 0 Å². The molecule has 162 valence electrons. The van der Waals surface area contributed by atoms with E-state index in [1.165, 1.54) is 0 Å². The molecule has 7 nitrogen and oxygen atoms in total. The summed E-state index contributed by atoms with van der Waals surface area (Å²) in [6.45, 7) is 7.57. The molecule has 1 N–H and O–H groups in total. The smallest absolute Gasteiger partial charge is 0.317 e. The topological polar surface area (TPSA) is 62.6 Å². The third kappa shape index (κ3) is 4.82. The van der Waals surface area contributed by atoms with Gasteiger partial charge < -0.3 is 24.4 Å². The summed E-state index contributed by atoms with van der Waals surface area (Å²) in [6, 6.07) is 16.2. The Morgan fingerprint density at radius 2 is 1.84 bits per heavy atom. The van der Waals surface area contributed by atoms with Crippen LogP contribution in [-0.4, -0.2) is 53.3 Å². The van der Waals surface area contributed by atoms with Gasteiger partial charge in [-0.2, -0.15) is 0 Å². The van der Waals surface area contributed by atoms with Crippen LogP contribution >= 0.6 is 0 Å². The molecule has 1 aliphatic rings. The van der Waals surface area contributed by atoms with Crippen LogP contribution in [0.4, 0.5) is 10.5 Å². The number of nitrogens with one attached hydrogen (secondary N) is 1. The minimum atomic E-state index is -0.0685. The van der Waals surface area contributed by atoms with Gasteiger partial charge in [0.2, 0.25) is 0 Å². The Labute approximate surface area is 183 Å². The number of anilines is 1. The molecule has 1 aliphatic heterocycles. The van der Waals surface area contributed by atoms with E-state index >= 15 is 0 Å². The first-order valence-electron chi connectivity index (χ1n) is 10.8. The molecule has 31 heavy (non-hydrogen) atoms. The van der Waals surface area contributed by atoms with Crippen molar-refractivity contribution < 1.29 is 9.53 Å². The summed E-state index contributed by atoms with van der Waals surface area (Å²) in [6.07, 6.45) is 5.44. The number of piperazine rings is 1. The summed E-state index contributed by atoms with van der Waals surface area (Å²) in [7, 11) is 0. The number of nitrogens with zero attached hydrogens (tertiary/aromatic N) is 4. The number of amides is 2. The van der Waals surface area contributed by atoms with Crippen LogP contribution in [0.25, 0.3) is 5.69 Å². The van der Waals surface area contributed by atoms with Gasteiger partial charge in [0.05, 0.1) is 24.7 Å². The Kier molecular flexibility index (Phi) is 6.40. The molecule has 2 heterocycles. The van der Waals surface area contributed by atoms with Gasteiger partial charge in [0.1, 0.15) is 5.75 Å². The molecule has 0 radical (unpaired) electrons. The van der Waals surface area contributed by atoms with Crippen molar-refractivity contribution in [3.8, 4) is 11.4 Å². The molecule has 1 atom stereocenters. The van der Waals surface area contributed by atoms with Gasteiger partial charge in [-0.1, -0.05) is 24.3 Å². The Morgan fingerprint density at radius 1 is 1.10 bits per heavy atom. The normalized spacial score (nSPS) is 14.9. The van der Waals surface area contributed by atoms with Gasteiger partial charge in [-0.15, -0.1) is 0 Å². The molecule has 1 saturated heterocycles. The lowest BCUT2D eigenvalue weighted by Gasteiger charge is -2.37. The van der Waals surface area contributed by atoms with Crippen LogP contribution in [0.5, 0.6) is 5.75 Å². The average molecular weight is 420 g/mol. The van der Waals surface area contributed by atoms with Crippen molar-refractivity contribution in [2.75, 3.05) is 37.7 Å². The molecular weight excluding hydrogens is 390 g/mol. The molecule has 7 heteroatoms. The summed E-state index contributed by atoms with van der Waals surface area (Å²) in [4.78, 5) is 21.1. The molecule has 0 saturated carbocycles. The van der Waals surface area contributed by atoms with E-state index < -0.39 is 0 Å². The van der Waals surface area contributed by atoms with Crippen LogP contribution in [0, 0.1) is 0 Å². The predicted molar refractivity (Wildman–Crippen MR) is 122 cm³/mol. The third-order valence-electron chi connectivity index (χ3n) is 5.61. The second kappa shape index (κ2) is 9.55. The summed E-state index contributed by atoms with van der Waals surface area (Å²) in [5, 5.41) is 3.13. The largest absolute Gasteiger partial charge is 0.492 e. The Bertz CT molecular complexity index is 979. The highest BCUT2D eigenvalue weighted by Crippen LogP contribution is 2.29. The molecule has 1 unspecified atom stereocenters. The number of aromatic nitrogens is 2. The van der Waals surface area contributed by atoms with Gasteiger partial charge in [-0.25, -0.2) is 9.78 Å². The SMILES string of the molecule is CCOc1ccccc1N1CCN(C(=O)NC(C)c2ccc(-n3ccnc3)cc2)CC1. The van der Waals surface area contributed by atoms with Crippen LogP contribution in [0.15, 0.2) is 67.3 Å². The van der Waals surface area contributed by atoms with Crippen molar-refractivity contribution in [1.82, 2.24) is 19.8 Å². The number of carbonyl (C=O) groups excluding carboxylic acids is 1. The molecule has 1 aromatic heterocycles. The molecule has 0 bridgehead atoms. The summed E-state index contributed by atoms with van der Waals surface area (Å²) < 4.78 is 7.71. The second-order valence-electron chi connectivity index (χ2n) is 7.61. The average Bonchev–Trinajstić information content (AvgIpc) is 3.35. The van der Waals surface area contributed by atoms with Gasteiger partial charge in [-0.3, -0.25) is 0 Å². The van der Waals surface area contributed by atoms with E-state index in [0.29, 0.717) is 19.7 Å². The van der Waals surface area contributed by atoms with Crippen LogP contribution in [0.3, 0.4) is 0 Å². The van der Waals surface area contributed by atoms with E-state index in [4.69, 9.17) is 4.74 Å². The molecular formula is C24H29N5O2. The summed E-state index contributed by atoms with van der Waals surface area (Å²) >= 11 is 0. The van der Waals surface area contributed by atoms with Gasteiger partial charge >= 0.3 is 6.03 Å². The quantitative estimate of drug-likeness (QED) is 0.659. The fourth-order valence-electron chi connectivity index (χ4n) is 3.85. The maximum atomic E-state index is 12.8. The number of hydrogen-bond donors (Lipinski definition) is 1. The fraction of sp³-hybridized carbons (Fsp3) is 0.333. The number of benzene rings is 2. The zero-order valence-electron chi connectivity index (χ0n) is 18.1. The lowest BCUT2D eigenvalue weighted by atomic mass is 10.1. The van der Waals surface area contributed by atoms with Crippen LogP contribution in [-0.2, 0) is 0 Å². The van der Waals surface area contributed by atoms with Gasteiger partial charge in [0.25, 0.3) is 0 Å². The Hall–Kier alpha value is -3.48. The van der Waals surface area contributed by atoms with Crippen molar-refractivity contribution in [1.29, 1.82) is 0 Å². The maximum absolute atomic E-state index is 12.8. The number of rotatable bonds is 6. The lowest BCUT2D eigenvalue weighted by Crippen LogP contribution is -2.52. The van der Waals surface area contributed by atoms with E-state index in [0.717, 1.165) is 35.8 Å². The number of imidazole rings is 1. The van der Waals surface area contributed by atoms with Crippen molar-refractivity contribution in [2.24, 2.45) is 0 Å². The minimum absolute atomic E-state index is 0.0241. The number of carbonyl (C=O) groups is 1. The van der Waals surface area contributed by atoms with Crippen molar-refractivity contribution >= 4 is 11.7 Å². The maximum Gasteiger partial charge on any atom is 0.317 e. The van der Waals surface area contributed by atoms with Crippen LogP contribution < -0.4 is 15.0 Å². The van der Waals surface area contributed by atoms with Crippen molar-refractivity contribution in [2.45, 2.75) is 19.9 Å². The highest BCUT2D eigenvalue weighted by Gasteiger charge is 2.24. The van der Waals surface area contributed by atoms with E-state index in [9.17, 15) is 4.79 Å². The van der Waals surface area contributed by atoms with Crippen LogP contribution in [0.1, 0.15) is 25.5 Å². The van der Waals surface area contributed by atoms with E-state index in [1.807, 2.05) is 72.0 Å². The molecule has 1 fully saturated rings. The predicted octanol–water partition coefficient (Wildman–Crippen LogP) is 3.86. The molecule has 2 aromatic carbocycles. The molecule has 0 spiro atoms. The number of urea groups is 1. The Morgan fingerprint density at radius 3 is 2.52 bits per heavy atom. The number of ether oxygens (including phenoxy) is 1. The minimum Gasteiger partial charge on any atom is -0.492 e. The first-order chi connectivity index (χ1) is 15.2. The summed E-state index contributed by atoms with van der Waals surface area (Å²) in [5.41, 5.74) is 3.21. The monoisotopic (exact) mass is 419 g/mol. The van der Waals surface area contributed by atoms with Crippen LogP contribution in [0.2, 0.25) is 0 Å². The zero-order valence-corrected chi connectivity index (χ0v) is 18.1. The van der Waals surface area contributed by atoms with E-state index in [-0.39, 0.29) is 12.1 Å². The highest BCUT2D eigenvalue weighted by molar-refractivity contribution is 5.75. The van der Waals surface area contributed by atoms with Gasteiger partial charge in [0, 0.05) is 44.3 Å².